The number of alkyl halides is 3. The van der Waals surface area contributed by atoms with Crippen LogP contribution in [0.15, 0.2) is 34.8 Å². The summed E-state index contributed by atoms with van der Waals surface area (Å²) in [4.78, 5) is 2.41. The first-order valence-electron chi connectivity index (χ1n) is 5.98. The van der Waals surface area contributed by atoms with Crippen LogP contribution >= 0.6 is 27.3 Å². The molecular weight excluding hydrogens is 351 g/mol. The second-order valence-electron chi connectivity index (χ2n) is 4.42. The van der Waals surface area contributed by atoms with Gasteiger partial charge in [-0.2, -0.15) is 13.2 Å². The maximum absolute atomic E-state index is 12.4. The van der Waals surface area contributed by atoms with Gasteiger partial charge >= 0.3 is 6.18 Å². The third kappa shape index (κ3) is 4.07. The Bertz CT molecular complexity index is 556. The summed E-state index contributed by atoms with van der Waals surface area (Å²) in [6.07, 6.45) is -4.27. The number of thiophene rings is 1. The number of nitrogens with one attached hydrogen (secondary N) is 1. The van der Waals surface area contributed by atoms with Crippen molar-refractivity contribution in [3.63, 3.8) is 0 Å². The molecule has 108 valence electrons. The highest BCUT2D eigenvalue weighted by molar-refractivity contribution is 9.10. The summed E-state index contributed by atoms with van der Waals surface area (Å²) >= 11 is 5.15. The van der Waals surface area contributed by atoms with Gasteiger partial charge in [-0.1, -0.05) is 12.1 Å². The Morgan fingerprint density at radius 2 is 1.80 bits per heavy atom. The summed E-state index contributed by atoms with van der Waals surface area (Å²) in [5, 5.41) is 3.23. The van der Waals surface area contributed by atoms with Crippen molar-refractivity contribution in [2.75, 3.05) is 0 Å². The summed E-state index contributed by atoms with van der Waals surface area (Å²) in [6, 6.07) is 7.29. The minimum atomic E-state index is -4.27. The lowest BCUT2D eigenvalue weighted by Gasteiger charge is -2.08. The Labute approximate surface area is 128 Å². The zero-order chi connectivity index (χ0) is 14.8. The van der Waals surface area contributed by atoms with Gasteiger partial charge in [-0.05, 0) is 46.6 Å². The fourth-order valence-electron chi connectivity index (χ4n) is 1.75. The highest BCUT2D eigenvalue weighted by Crippen LogP contribution is 2.29. The topological polar surface area (TPSA) is 12.0 Å². The summed E-state index contributed by atoms with van der Waals surface area (Å²) in [5.41, 5.74) is 0.226. The normalized spacial score (nSPS) is 11.8. The lowest BCUT2D eigenvalue weighted by Crippen LogP contribution is -2.12. The number of hydrogen-bond donors (Lipinski definition) is 1. The van der Waals surface area contributed by atoms with Crippen LogP contribution in [-0.4, -0.2) is 0 Å². The van der Waals surface area contributed by atoms with Crippen molar-refractivity contribution in [3.05, 3.63) is 55.7 Å². The van der Waals surface area contributed by atoms with Crippen LogP contribution in [0, 0.1) is 6.92 Å². The van der Waals surface area contributed by atoms with E-state index < -0.39 is 11.7 Å². The van der Waals surface area contributed by atoms with Crippen molar-refractivity contribution in [2.24, 2.45) is 0 Å². The molecule has 1 heterocycles. The summed E-state index contributed by atoms with van der Waals surface area (Å²) in [5.74, 6) is 0. The van der Waals surface area contributed by atoms with E-state index in [-0.39, 0.29) is 0 Å². The van der Waals surface area contributed by atoms with E-state index in [0.717, 1.165) is 22.2 Å². The van der Waals surface area contributed by atoms with Gasteiger partial charge in [0, 0.05) is 27.3 Å². The maximum Gasteiger partial charge on any atom is 0.416 e. The van der Waals surface area contributed by atoms with E-state index in [1.54, 1.807) is 11.3 Å². The fourth-order valence-corrected chi connectivity index (χ4v) is 3.32. The van der Waals surface area contributed by atoms with E-state index in [4.69, 9.17) is 0 Å². The zero-order valence-corrected chi connectivity index (χ0v) is 13.1. The molecule has 0 atom stereocenters. The molecule has 1 aromatic carbocycles. The second-order valence-corrected chi connectivity index (χ2v) is 6.61. The molecule has 0 aliphatic heterocycles. The highest BCUT2D eigenvalue weighted by atomic mass is 79.9. The molecule has 0 bridgehead atoms. The summed E-state index contributed by atoms with van der Waals surface area (Å²) in [7, 11) is 0. The molecule has 1 nitrogen and oxygen atoms in total. The molecule has 0 amide bonds. The van der Waals surface area contributed by atoms with Gasteiger partial charge in [-0.25, -0.2) is 0 Å². The first-order valence-corrected chi connectivity index (χ1v) is 7.59. The maximum atomic E-state index is 12.4. The lowest BCUT2D eigenvalue weighted by atomic mass is 10.1. The van der Waals surface area contributed by atoms with Gasteiger partial charge in [0.2, 0.25) is 0 Å². The molecule has 2 rings (SSSR count). The van der Waals surface area contributed by atoms with Crippen LogP contribution in [0.3, 0.4) is 0 Å². The Morgan fingerprint density at radius 1 is 1.15 bits per heavy atom. The Hall–Kier alpha value is -0.850. The third-order valence-electron chi connectivity index (χ3n) is 2.82. The number of halogens is 4. The minimum Gasteiger partial charge on any atom is -0.308 e. The number of hydrogen-bond acceptors (Lipinski definition) is 2. The van der Waals surface area contributed by atoms with Crippen LogP contribution in [-0.2, 0) is 19.3 Å². The Morgan fingerprint density at radius 3 is 2.30 bits per heavy atom. The van der Waals surface area contributed by atoms with E-state index in [1.165, 1.54) is 21.9 Å². The van der Waals surface area contributed by atoms with Crippen molar-refractivity contribution >= 4 is 27.3 Å². The molecular formula is C14H13BrF3NS. The SMILES string of the molecule is Cc1sc(CNCc2ccc(C(F)(F)F)cc2)cc1Br. The number of aryl methyl sites for hydroxylation is 1. The van der Waals surface area contributed by atoms with Gasteiger partial charge in [-0.3, -0.25) is 0 Å². The molecule has 0 saturated heterocycles. The number of benzene rings is 1. The molecule has 0 spiro atoms. The largest absolute Gasteiger partial charge is 0.416 e. The molecule has 1 N–H and O–H groups in total. The van der Waals surface area contributed by atoms with E-state index in [1.807, 2.05) is 6.92 Å². The van der Waals surface area contributed by atoms with Gasteiger partial charge in [0.1, 0.15) is 0 Å². The van der Waals surface area contributed by atoms with Crippen molar-refractivity contribution < 1.29 is 13.2 Å². The molecule has 0 fully saturated rings. The molecule has 0 aliphatic rings. The van der Waals surface area contributed by atoms with Gasteiger partial charge in [0.25, 0.3) is 0 Å². The monoisotopic (exact) mass is 363 g/mol. The molecule has 0 unspecified atom stereocenters. The molecule has 2 aromatic rings. The smallest absolute Gasteiger partial charge is 0.308 e. The van der Waals surface area contributed by atoms with Crippen LogP contribution in [0.2, 0.25) is 0 Å². The van der Waals surface area contributed by atoms with Crippen molar-refractivity contribution in [2.45, 2.75) is 26.2 Å². The predicted molar refractivity (Wildman–Crippen MR) is 78.7 cm³/mol. The van der Waals surface area contributed by atoms with Gasteiger partial charge < -0.3 is 5.32 Å². The van der Waals surface area contributed by atoms with Crippen LogP contribution in [0.5, 0.6) is 0 Å². The Balaban J connectivity index is 1.88. The first-order chi connectivity index (χ1) is 9.36. The zero-order valence-electron chi connectivity index (χ0n) is 10.7. The average molecular weight is 364 g/mol. The molecule has 20 heavy (non-hydrogen) atoms. The van der Waals surface area contributed by atoms with Crippen molar-refractivity contribution in [3.8, 4) is 0 Å². The van der Waals surface area contributed by atoms with Crippen LogP contribution < -0.4 is 5.32 Å². The molecule has 0 saturated carbocycles. The van der Waals surface area contributed by atoms with Crippen LogP contribution in [0.25, 0.3) is 0 Å². The quantitative estimate of drug-likeness (QED) is 0.793. The first kappa shape index (κ1) is 15.5. The van der Waals surface area contributed by atoms with Crippen molar-refractivity contribution in [1.82, 2.24) is 5.32 Å². The van der Waals surface area contributed by atoms with E-state index in [2.05, 4.69) is 27.3 Å². The standard InChI is InChI=1S/C14H13BrF3NS/c1-9-13(15)6-12(20-9)8-19-7-10-2-4-11(5-3-10)14(16,17)18/h2-6,19H,7-8H2,1H3. The Kier molecular flexibility index (Phi) is 4.88. The highest BCUT2D eigenvalue weighted by Gasteiger charge is 2.29. The van der Waals surface area contributed by atoms with Crippen LogP contribution in [0.4, 0.5) is 13.2 Å². The molecule has 0 aliphatic carbocycles. The van der Waals surface area contributed by atoms with E-state index in [0.29, 0.717) is 13.1 Å². The predicted octanol–water partition coefficient (Wildman–Crippen LogP) is 5.13. The van der Waals surface area contributed by atoms with E-state index >= 15 is 0 Å². The lowest BCUT2D eigenvalue weighted by molar-refractivity contribution is -0.137. The van der Waals surface area contributed by atoms with Crippen LogP contribution in [0.1, 0.15) is 20.9 Å². The summed E-state index contributed by atoms with van der Waals surface area (Å²) < 4.78 is 38.3. The molecule has 1 aromatic heterocycles. The average Bonchev–Trinajstić information content (AvgIpc) is 2.68. The summed E-state index contributed by atoms with van der Waals surface area (Å²) in [6.45, 7) is 3.29. The van der Waals surface area contributed by atoms with Gasteiger partial charge in [0.15, 0.2) is 0 Å². The van der Waals surface area contributed by atoms with Gasteiger partial charge in [-0.15, -0.1) is 11.3 Å². The minimum absolute atomic E-state index is 0.548. The fraction of sp³-hybridized carbons (Fsp3) is 0.286. The molecule has 0 radical (unpaired) electrons. The molecule has 6 heteroatoms. The van der Waals surface area contributed by atoms with E-state index in [9.17, 15) is 13.2 Å². The van der Waals surface area contributed by atoms with Gasteiger partial charge in [0.05, 0.1) is 5.56 Å². The second kappa shape index (κ2) is 6.28. The third-order valence-corrected chi connectivity index (χ3v) is 4.95. The van der Waals surface area contributed by atoms with Crippen molar-refractivity contribution in [1.29, 1.82) is 0 Å². The number of rotatable bonds is 4.